The van der Waals surface area contributed by atoms with E-state index >= 15 is 0 Å². The summed E-state index contributed by atoms with van der Waals surface area (Å²) in [5.41, 5.74) is 4.80. The molecule has 0 aliphatic rings. The lowest BCUT2D eigenvalue weighted by Crippen LogP contribution is -2.04. The molecule has 6 aromatic rings. The smallest absolute Gasteiger partial charge is 0.270 e. The van der Waals surface area contributed by atoms with Crippen molar-refractivity contribution in [2.75, 3.05) is 0 Å². The van der Waals surface area contributed by atoms with E-state index in [1.54, 1.807) is 12.1 Å². The molecule has 0 saturated heterocycles. The Morgan fingerprint density at radius 1 is 0.594 bits per heavy atom. The van der Waals surface area contributed by atoms with E-state index in [-0.39, 0.29) is 10.6 Å². The zero-order valence-corrected chi connectivity index (χ0v) is 17.4. The summed E-state index contributed by atoms with van der Waals surface area (Å²) in [5, 5.41) is 15.9. The predicted molar refractivity (Wildman–Crippen MR) is 130 cm³/mol. The summed E-state index contributed by atoms with van der Waals surface area (Å²) in [6, 6.07) is 30.5. The van der Waals surface area contributed by atoms with Crippen LogP contribution in [0.5, 0.6) is 0 Å². The molecule has 0 radical (unpaired) electrons. The lowest BCUT2D eigenvalue weighted by Gasteiger charge is -2.10. The van der Waals surface area contributed by atoms with Gasteiger partial charge >= 0.3 is 0 Å². The summed E-state index contributed by atoms with van der Waals surface area (Å²) in [4.78, 5) is 11.0. The summed E-state index contributed by atoms with van der Waals surface area (Å²) in [6.07, 6.45) is 0.952. The van der Waals surface area contributed by atoms with E-state index in [1.807, 2.05) is 24.3 Å². The second-order valence-electron chi connectivity index (χ2n) is 8.17. The normalized spacial score (nSPS) is 11.8. The molecule has 0 aliphatic heterocycles. The summed E-state index contributed by atoms with van der Waals surface area (Å²) >= 11 is 0. The van der Waals surface area contributed by atoms with E-state index in [0.29, 0.717) is 0 Å². The number of rotatable bonds is 5. The van der Waals surface area contributed by atoms with Gasteiger partial charge in [-0.1, -0.05) is 54.6 Å². The second kappa shape index (κ2) is 7.24. The molecule has 2 aromatic heterocycles. The quantitative estimate of drug-likeness (QED) is 0.225. The lowest BCUT2D eigenvalue weighted by molar-refractivity contribution is -0.384. The highest BCUT2D eigenvalue weighted by Gasteiger charge is 2.15. The highest BCUT2D eigenvalue weighted by molar-refractivity contribution is 6.09. The Bertz CT molecular complexity index is 1590. The number of para-hydroxylation sites is 3. The molecule has 6 rings (SSSR count). The van der Waals surface area contributed by atoms with Crippen LogP contribution in [0.25, 0.3) is 43.6 Å². The maximum atomic E-state index is 11.3. The van der Waals surface area contributed by atoms with Crippen LogP contribution in [-0.2, 0) is 13.1 Å². The van der Waals surface area contributed by atoms with Gasteiger partial charge in [0, 0.05) is 68.8 Å². The molecule has 0 aliphatic carbocycles. The van der Waals surface area contributed by atoms with Gasteiger partial charge in [0.1, 0.15) is 0 Å². The molecule has 2 heterocycles. The molecule has 0 N–H and O–H groups in total. The maximum Gasteiger partial charge on any atom is 0.270 e. The molecule has 0 saturated carbocycles. The highest BCUT2D eigenvalue weighted by atomic mass is 16.6. The molecule has 0 bridgehead atoms. The van der Waals surface area contributed by atoms with E-state index in [2.05, 4.69) is 63.7 Å². The molecule has 4 aromatic carbocycles. The van der Waals surface area contributed by atoms with E-state index in [1.165, 1.54) is 21.8 Å². The molecule has 5 nitrogen and oxygen atoms in total. The number of nitrogens with zero attached hydrogens (tertiary/aromatic N) is 3. The molecule has 0 amide bonds. The van der Waals surface area contributed by atoms with Gasteiger partial charge in [0.15, 0.2) is 0 Å². The number of nitro benzene ring substituents is 1. The van der Waals surface area contributed by atoms with Gasteiger partial charge in [0.05, 0.1) is 4.92 Å². The van der Waals surface area contributed by atoms with E-state index in [4.69, 9.17) is 0 Å². The zero-order valence-electron chi connectivity index (χ0n) is 17.4. The largest absolute Gasteiger partial charge is 0.340 e. The van der Waals surface area contributed by atoms with Gasteiger partial charge in [0.25, 0.3) is 5.69 Å². The maximum absolute atomic E-state index is 11.3. The molecule has 32 heavy (non-hydrogen) atoms. The first-order valence-electron chi connectivity index (χ1n) is 10.8. The Morgan fingerprint density at radius 3 is 1.53 bits per heavy atom. The minimum atomic E-state index is -0.326. The Balaban J connectivity index is 1.40. The monoisotopic (exact) mass is 419 g/mol. The average molecular weight is 419 g/mol. The van der Waals surface area contributed by atoms with Crippen LogP contribution in [0.3, 0.4) is 0 Å². The van der Waals surface area contributed by atoms with Gasteiger partial charge in [0.2, 0.25) is 0 Å². The van der Waals surface area contributed by atoms with Crippen molar-refractivity contribution >= 4 is 49.3 Å². The second-order valence-corrected chi connectivity index (χ2v) is 8.17. The van der Waals surface area contributed by atoms with Crippen molar-refractivity contribution in [3.8, 4) is 0 Å². The third kappa shape index (κ3) is 2.78. The molecular weight excluding hydrogens is 398 g/mol. The van der Waals surface area contributed by atoms with Gasteiger partial charge in [-0.15, -0.1) is 0 Å². The highest BCUT2D eigenvalue weighted by Crippen LogP contribution is 2.33. The molecule has 0 fully saturated rings. The van der Waals surface area contributed by atoms with E-state index in [0.717, 1.165) is 41.3 Å². The SMILES string of the molecule is O=[N+]([O-])c1ccc2c(c1)c1ccccc1n2CCCn1c2ccccc2c2ccccc21. The molecule has 0 atom stereocenters. The van der Waals surface area contributed by atoms with Crippen LogP contribution in [0.4, 0.5) is 5.69 Å². The molecule has 156 valence electrons. The van der Waals surface area contributed by atoms with Crippen LogP contribution in [0, 0.1) is 10.1 Å². The first kappa shape index (κ1) is 18.6. The summed E-state index contributed by atoms with van der Waals surface area (Å²) in [6.45, 7) is 1.73. The number of nitro groups is 1. The van der Waals surface area contributed by atoms with E-state index in [9.17, 15) is 10.1 Å². The van der Waals surface area contributed by atoms with Crippen LogP contribution in [0.15, 0.2) is 91.0 Å². The summed E-state index contributed by atoms with van der Waals surface area (Å²) < 4.78 is 4.70. The summed E-state index contributed by atoms with van der Waals surface area (Å²) in [5.74, 6) is 0. The number of aryl methyl sites for hydroxylation is 2. The fourth-order valence-corrected chi connectivity index (χ4v) is 5.03. The zero-order chi connectivity index (χ0) is 21.7. The number of fused-ring (bicyclic) bond motifs is 6. The van der Waals surface area contributed by atoms with Gasteiger partial charge in [-0.3, -0.25) is 10.1 Å². The third-order valence-electron chi connectivity index (χ3n) is 6.41. The number of hydrogen-bond donors (Lipinski definition) is 0. The first-order valence-corrected chi connectivity index (χ1v) is 10.8. The standard InChI is InChI=1S/C27H21N3O2/c31-30(32)19-14-15-27-23(18-19)22-10-3-6-13-26(22)29(27)17-7-16-28-24-11-4-1-8-20(24)21-9-2-5-12-25(21)28/h1-6,8-15,18H,7,16-17H2. The Hall–Kier alpha value is -4.12. The Kier molecular flexibility index (Phi) is 4.21. The first-order chi connectivity index (χ1) is 15.7. The predicted octanol–water partition coefficient (Wildman–Crippen LogP) is 6.90. The van der Waals surface area contributed by atoms with Crippen LogP contribution in [0.1, 0.15) is 6.42 Å². The Labute approximate surface area is 184 Å². The topological polar surface area (TPSA) is 53.0 Å². The molecule has 0 unspecified atom stereocenters. The number of benzene rings is 4. The number of hydrogen-bond acceptors (Lipinski definition) is 2. The van der Waals surface area contributed by atoms with Gasteiger partial charge in [-0.25, -0.2) is 0 Å². The van der Waals surface area contributed by atoms with Crippen molar-refractivity contribution in [3.05, 3.63) is 101 Å². The molecule has 0 spiro atoms. The van der Waals surface area contributed by atoms with Gasteiger partial charge < -0.3 is 9.13 Å². The van der Waals surface area contributed by atoms with Crippen molar-refractivity contribution in [3.63, 3.8) is 0 Å². The van der Waals surface area contributed by atoms with Crippen LogP contribution >= 0.6 is 0 Å². The Morgan fingerprint density at radius 2 is 1.03 bits per heavy atom. The third-order valence-corrected chi connectivity index (χ3v) is 6.41. The molecule has 5 heteroatoms. The van der Waals surface area contributed by atoms with Crippen LogP contribution in [-0.4, -0.2) is 14.1 Å². The summed E-state index contributed by atoms with van der Waals surface area (Å²) in [7, 11) is 0. The minimum Gasteiger partial charge on any atom is -0.340 e. The lowest BCUT2D eigenvalue weighted by atomic mass is 10.1. The van der Waals surface area contributed by atoms with Crippen molar-refractivity contribution in [1.82, 2.24) is 9.13 Å². The van der Waals surface area contributed by atoms with Crippen molar-refractivity contribution < 1.29 is 4.92 Å². The van der Waals surface area contributed by atoms with Crippen molar-refractivity contribution in [1.29, 1.82) is 0 Å². The van der Waals surface area contributed by atoms with Crippen LogP contribution in [0.2, 0.25) is 0 Å². The number of aromatic nitrogens is 2. The fraction of sp³-hybridized carbons (Fsp3) is 0.111. The minimum absolute atomic E-state index is 0.130. The van der Waals surface area contributed by atoms with Crippen molar-refractivity contribution in [2.45, 2.75) is 19.5 Å². The van der Waals surface area contributed by atoms with Gasteiger partial charge in [-0.05, 0) is 30.7 Å². The molecular formula is C27H21N3O2. The van der Waals surface area contributed by atoms with Crippen LogP contribution < -0.4 is 0 Å². The van der Waals surface area contributed by atoms with Crippen molar-refractivity contribution in [2.24, 2.45) is 0 Å². The van der Waals surface area contributed by atoms with E-state index < -0.39 is 0 Å². The fourth-order valence-electron chi connectivity index (χ4n) is 5.03. The van der Waals surface area contributed by atoms with Gasteiger partial charge in [-0.2, -0.15) is 0 Å². The number of non-ortho nitro benzene ring substituents is 1. The average Bonchev–Trinajstić information content (AvgIpc) is 3.32.